The van der Waals surface area contributed by atoms with E-state index in [2.05, 4.69) is 20.7 Å². The lowest BCUT2D eigenvalue weighted by atomic mass is 9.98. The predicted molar refractivity (Wildman–Crippen MR) is 78.0 cm³/mol. The number of sulfonamides is 1. The van der Waals surface area contributed by atoms with Gasteiger partial charge in [0.05, 0.1) is 4.90 Å². The quantitative estimate of drug-likeness (QED) is 0.842. The van der Waals surface area contributed by atoms with Crippen LogP contribution in [0.2, 0.25) is 0 Å². The van der Waals surface area contributed by atoms with Crippen molar-refractivity contribution in [1.82, 2.24) is 4.72 Å². The Morgan fingerprint density at radius 1 is 1.45 bits per heavy atom. The van der Waals surface area contributed by atoms with Gasteiger partial charge >= 0.3 is 5.97 Å². The van der Waals surface area contributed by atoms with Crippen LogP contribution in [0.5, 0.6) is 0 Å². The average Bonchev–Trinajstić information content (AvgIpc) is 3.15. The molecule has 1 saturated carbocycles. The molecule has 0 amide bonds. The molecule has 7 heteroatoms. The second kappa shape index (κ2) is 5.13. The third-order valence-corrected chi connectivity index (χ3v) is 5.83. The molecular weight excluding hydrogens is 346 g/mol. The fraction of sp³-hybridized carbons (Fsp3) is 0.462. The Balaban J connectivity index is 2.40. The summed E-state index contributed by atoms with van der Waals surface area (Å²) in [5.74, 6) is -1.29. The maximum Gasteiger partial charge on any atom is 0.324 e. The monoisotopic (exact) mass is 361 g/mol. The van der Waals surface area contributed by atoms with Crippen molar-refractivity contribution in [3.8, 4) is 0 Å². The largest absolute Gasteiger partial charge is 0.480 e. The third-order valence-electron chi connectivity index (χ3n) is 3.62. The van der Waals surface area contributed by atoms with Gasteiger partial charge in [-0.25, -0.2) is 8.42 Å². The number of aliphatic carboxylic acids is 1. The standard InChI is InChI=1S/C13H16BrNO4S/c1-8-3-6-10(14)7-11(8)20(18,19)15-13(2,12(16)17)9-4-5-9/h3,6-7,9,15H,4-5H2,1-2H3,(H,16,17). The Labute approximate surface area is 126 Å². The molecule has 0 radical (unpaired) electrons. The first-order valence-corrected chi connectivity index (χ1v) is 8.48. The summed E-state index contributed by atoms with van der Waals surface area (Å²) in [5, 5.41) is 9.34. The van der Waals surface area contributed by atoms with E-state index < -0.39 is 21.5 Å². The van der Waals surface area contributed by atoms with E-state index in [1.165, 1.54) is 13.0 Å². The summed E-state index contributed by atoms with van der Waals surface area (Å²) in [6.07, 6.45) is 1.45. The van der Waals surface area contributed by atoms with Crippen LogP contribution in [-0.2, 0) is 14.8 Å². The summed E-state index contributed by atoms with van der Waals surface area (Å²) in [6.45, 7) is 3.11. The number of benzene rings is 1. The van der Waals surface area contributed by atoms with Crippen LogP contribution in [0.3, 0.4) is 0 Å². The highest BCUT2D eigenvalue weighted by Crippen LogP contribution is 2.40. The van der Waals surface area contributed by atoms with E-state index in [0.717, 1.165) is 12.8 Å². The van der Waals surface area contributed by atoms with Crippen LogP contribution in [0.15, 0.2) is 27.6 Å². The van der Waals surface area contributed by atoms with Gasteiger partial charge in [-0.2, -0.15) is 4.72 Å². The summed E-state index contributed by atoms with van der Waals surface area (Å²) in [6, 6.07) is 4.90. The number of halogens is 1. The lowest BCUT2D eigenvalue weighted by Gasteiger charge is -2.26. The van der Waals surface area contributed by atoms with Crippen LogP contribution >= 0.6 is 15.9 Å². The topological polar surface area (TPSA) is 83.5 Å². The first-order valence-electron chi connectivity index (χ1n) is 6.20. The molecule has 2 N–H and O–H groups in total. The number of hydrogen-bond acceptors (Lipinski definition) is 3. The minimum atomic E-state index is -3.88. The Bertz CT molecular complexity index is 654. The molecule has 0 aliphatic heterocycles. The molecule has 1 aliphatic carbocycles. The van der Waals surface area contributed by atoms with Crippen molar-refractivity contribution < 1.29 is 18.3 Å². The lowest BCUT2D eigenvalue weighted by molar-refractivity contribution is -0.144. The summed E-state index contributed by atoms with van der Waals surface area (Å²) in [4.78, 5) is 11.5. The fourth-order valence-corrected chi connectivity index (χ4v) is 4.37. The number of carboxylic acid groups (broad SMARTS) is 1. The van der Waals surface area contributed by atoms with Crippen LogP contribution in [0, 0.1) is 12.8 Å². The molecule has 2 rings (SSSR count). The molecule has 0 bridgehead atoms. The zero-order chi connectivity index (χ0) is 15.1. The maximum atomic E-state index is 12.5. The number of rotatable bonds is 5. The molecule has 1 aromatic carbocycles. The molecule has 0 saturated heterocycles. The van der Waals surface area contributed by atoms with E-state index in [1.807, 2.05) is 0 Å². The summed E-state index contributed by atoms with van der Waals surface area (Å²) in [7, 11) is -3.88. The third kappa shape index (κ3) is 2.89. The zero-order valence-corrected chi connectivity index (χ0v) is 13.6. The molecule has 0 spiro atoms. The molecule has 1 aromatic rings. The zero-order valence-electron chi connectivity index (χ0n) is 11.2. The van der Waals surface area contributed by atoms with Crippen molar-refractivity contribution in [3.05, 3.63) is 28.2 Å². The molecule has 20 heavy (non-hydrogen) atoms. The van der Waals surface area contributed by atoms with Crippen LogP contribution in [-0.4, -0.2) is 25.0 Å². The molecular formula is C13H16BrNO4S. The second-order valence-corrected chi connectivity index (χ2v) is 7.86. The second-order valence-electron chi connectivity index (χ2n) is 5.30. The normalized spacial score (nSPS) is 18.6. The Morgan fingerprint density at radius 2 is 2.05 bits per heavy atom. The van der Waals surface area contributed by atoms with Gasteiger partial charge < -0.3 is 5.11 Å². The van der Waals surface area contributed by atoms with Gasteiger partial charge in [0.25, 0.3) is 0 Å². The van der Waals surface area contributed by atoms with Crippen molar-refractivity contribution in [2.24, 2.45) is 5.92 Å². The van der Waals surface area contributed by atoms with Gasteiger partial charge in [-0.15, -0.1) is 0 Å². The van der Waals surface area contributed by atoms with E-state index in [4.69, 9.17) is 0 Å². The van der Waals surface area contributed by atoms with Gasteiger partial charge in [0.2, 0.25) is 10.0 Å². The van der Waals surface area contributed by atoms with E-state index in [-0.39, 0.29) is 10.8 Å². The van der Waals surface area contributed by atoms with Gasteiger partial charge in [-0.05, 0) is 50.3 Å². The van der Waals surface area contributed by atoms with E-state index in [9.17, 15) is 18.3 Å². The molecule has 0 heterocycles. The summed E-state index contributed by atoms with van der Waals surface area (Å²) >= 11 is 3.23. The first kappa shape index (κ1) is 15.5. The van der Waals surface area contributed by atoms with Crippen molar-refractivity contribution in [2.75, 3.05) is 0 Å². The molecule has 1 aliphatic rings. The molecule has 1 unspecified atom stereocenters. The number of aryl methyl sites for hydroxylation is 1. The van der Waals surface area contributed by atoms with Crippen molar-refractivity contribution >= 4 is 31.9 Å². The SMILES string of the molecule is Cc1ccc(Br)cc1S(=O)(=O)NC(C)(C(=O)O)C1CC1. The number of carbonyl (C=O) groups is 1. The predicted octanol–water partition coefficient (Wildman–Crippen LogP) is 2.29. The minimum Gasteiger partial charge on any atom is -0.480 e. The summed E-state index contributed by atoms with van der Waals surface area (Å²) in [5.41, 5.74) is -0.877. The molecule has 1 atom stereocenters. The van der Waals surface area contributed by atoms with E-state index in [0.29, 0.717) is 10.0 Å². The first-order chi connectivity index (χ1) is 9.17. The van der Waals surface area contributed by atoms with Gasteiger partial charge in [-0.1, -0.05) is 22.0 Å². The fourth-order valence-electron chi connectivity index (χ4n) is 2.16. The number of nitrogens with one attached hydrogen (secondary N) is 1. The highest BCUT2D eigenvalue weighted by molar-refractivity contribution is 9.10. The smallest absolute Gasteiger partial charge is 0.324 e. The van der Waals surface area contributed by atoms with Gasteiger partial charge in [0.1, 0.15) is 5.54 Å². The van der Waals surface area contributed by atoms with Gasteiger partial charge in [0, 0.05) is 4.47 Å². The molecule has 110 valence electrons. The van der Waals surface area contributed by atoms with Crippen LogP contribution in [0.25, 0.3) is 0 Å². The van der Waals surface area contributed by atoms with E-state index in [1.54, 1.807) is 19.1 Å². The van der Waals surface area contributed by atoms with Crippen molar-refractivity contribution in [2.45, 2.75) is 37.1 Å². The molecule has 5 nitrogen and oxygen atoms in total. The van der Waals surface area contributed by atoms with E-state index >= 15 is 0 Å². The van der Waals surface area contributed by atoms with Crippen LogP contribution < -0.4 is 4.72 Å². The van der Waals surface area contributed by atoms with Gasteiger partial charge in [-0.3, -0.25) is 4.79 Å². The molecule has 1 fully saturated rings. The van der Waals surface area contributed by atoms with Crippen molar-refractivity contribution in [3.63, 3.8) is 0 Å². The lowest BCUT2D eigenvalue weighted by Crippen LogP contribution is -2.53. The molecule has 0 aromatic heterocycles. The number of carboxylic acids is 1. The minimum absolute atomic E-state index is 0.0972. The summed E-state index contributed by atoms with van der Waals surface area (Å²) < 4.78 is 27.9. The van der Waals surface area contributed by atoms with Crippen LogP contribution in [0.1, 0.15) is 25.3 Å². The number of hydrogen-bond donors (Lipinski definition) is 2. The van der Waals surface area contributed by atoms with Gasteiger partial charge in [0.15, 0.2) is 0 Å². The van der Waals surface area contributed by atoms with Crippen molar-refractivity contribution in [1.29, 1.82) is 0 Å². The highest BCUT2D eigenvalue weighted by Gasteiger charge is 2.50. The maximum absolute atomic E-state index is 12.5. The Morgan fingerprint density at radius 3 is 2.55 bits per heavy atom. The Hall–Kier alpha value is -0.920. The average molecular weight is 362 g/mol. The Kier molecular flexibility index (Phi) is 3.96. The highest BCUT2D eigenvalue weighted by atomic mass is 79.9. The van der Waals surface area contributed by atoms with Crippen LogP contribution in [0.4, 0.5) is 0 Å².